The number of nitriles is 1. The van der Waals surface area contributed by atoms with Crippen LogP contribution in [-0.2, 0) is 43.7 Å². The maximum Gasteiger partial charge on any atom is 0.412 e. The molecule has 11 nitrogen and oxygen atoms in total. The summed E-state index contributed by atoms with van der Waals surface area (Å²) in [6.45, 7) is 10.7. The van der Waals surface area contributed by atoms with Gasteiger partial charge in [-0.3, -0.25) is 5.32 Å². The molecule has 0 spiro atoms. The minimum atomic E-state index is -3.82. The summed E-state index contributed by atoms with van der Waals surface area (Å²) >= 11 is 8.03. The van der Waals surface area contributed by atoms with Crippen LogP contribution in [0.2, 0.25) is 5.02 Å². The van der Waals surface area contributed by atoms with Crippen molar-refractivity contribution in [1.29, 1.82) is 5.26 Å². The zero-order valence-corrected chi connectivity index (χ0v) is 29.8. The smallest absolute Gasteiger partial charge is 0.412 e. The van der Waals surface area contributed by atoms with Gasteiger partial charge >= 0.3 is 12.2 Å². The lowest BCUT2D eigenvalue weighted by atomic mass is 9.89. The first-order valence-electron chi connectivity index (χ1n) is 14.9. The first-order chi connectivity index (χ1) is 22.3. The van der Waals surface area contributed by atoms with Gasteiger partial charge in [-0.1, -0.05) is 17.7 Å². The Morgan fingerprint density at radius 2 is 1.73 bits per heavy atom. The molecule has 254 valence electrons. The van der Waals surface area contributed by atoms with Crippen LogP contribution in [0.25, 0.3) is 32.1 Å². The molecule has 0 saturated heterocycles. The number of fused-ring (bicyclic) bond motifs is 4. The number of thiophene rings is 1. The van der Waals surface area contributed by atoms with Crippen LogP contribution in [0.1, 0.15) is 63.8 Å². The van der Waals surface area contributed by atoms with E-state index in [4.69, 9.17) is 25.8 Å². The van der Waals surface area contributed by atoms with Crippen molar-refractivity contribution in [3.63, 3.8) is 0 Å². The van der Waals surface area contributed by atoms with Gasteiger partial charge in [0.25, 0.3) is 0 Å². The number of hydrogen-bond acceptors (Lipinski definition) is 10. The quantitative estimate of drug-likeness (QED) is 0.205. The van der Waals surface area contributed by atoms with Crippen LogP contribution < -0.4 is 10.6 Å². The van der Waals surface area contributed by atoms with Crippen molar-refractivity contribution in [1.82, 2.24) is 10.3 Å². The Morgan fingerprint density at radius 1 is 1.08 bits per heavy atom. The highest BCUT2D eigenvalue weighted by Gasteiger charge is 2.31. The summed E-state index contributed by atoms with van der Waals surface area (Å²) in [6, 6.07) is 6.28. The number of alkyl carbamates (subject to hydrolysis) is 1. The van der Waals surface area contributed by atoms with E-state index in [0.717, 1.165) is 17.6 Å². The fourth-order valence-electron chi connectivity index (χ4n) is 5.45. The van der Waals surface area contributed by atoms with E-state index in [-0.39, 0.29) is 62.4 Å². The first-order valence-corrected chi connectivity index (χ1v) is 17.9. The van der Waals surface area contributed by atoms with Crippen LogP contribution in [0.5, 0.6) is 0 Å². The van der Waals surface area contributed by atoms with E-state index in [1.165, 1.54) is 18.2 Å². The Morgan fingerprint density at radius 3 is 2.35 bits per heavy atom. The van der Waals surface area contributed by atoms with Crippen molar-refractivity contribution in [3.8, 4) is 17.2 Å². The third-order valence-electron chi connectivity index (χ3n) is 7.19. The van der Waals surface area contributed by atoms with E-state index in [2.05, 4.69) is 21.7 Å². The van der Waals surface area contributed by atoms with Gasteiger partial charge in [-0.15, -0.1) is 11.3 Å². The van der Waals surface area contributed by atoms with Crippen molar-refractivity contribution in [2.24, 2.45) is 0 Å². The maximum atomic E-state index is 15.3. The maximum absolute atomic E-state index is 15.3. The molecule has 0 saturated carbocycles. The molecule has 2 aromatic carbocycles. The minimum Gasteiger partial charge on any atom is -0.444 e. The number of carbonyl (C=O) groups is 2. The number of ether oxygens (including phenoxy) is 3. The summed E-state index contributed by atoms with van der Waals surface area (Å²) in [6.07, 6.45) is -0.186. The number of aromatic nitrogens is 1. The zero-order chi connectivity index (χ0) is 35.3. The van der Waals surface area contributed by atoms with Gasteiger partial charge in [-0.2, -0.15) is 5.26 Å². The summed E-state index contributed by atoms with van der Waals surface area (Å²) < 4.78 is 57.6. The highest BCUT2D eigenvalue weighted by atomic mass is 35.5. The zero-order valence-electron chi connectivity index (χ0n) is 27.4. The van der Waals surface area contributed by atoms with Crippen molar-refractivity contribution in [3.05, 3.63) is 51.3 Å². The summed E-state index contributed by atoms with van der Waals surface area (Å²) in [5, 5.41) is 16.3. The number of pyridine rings is 1. The molecule has 0 unspecified atom stereocenters. The van der Waals surface area contributed by atoms with Crippen molar-refractivity contribution < 1.29 is 36.6 Å². The monoisotopic (exact) mass is 716 g/mol. The largest absolute Gasteiger partial charge is 0.444 e. The second kappa shape index (κ2) is 12.8. The fourth-order valence-corrected chi connectivity index (χ4v) is 7.48. The summed E-state index contributed by atoms with van der Waals surface area (Å²) in [5.41, 5.74) is 1.36. The van der Waals surface area contributed by atoms with E-state index in [0.29, 0.717) is 33.2 Å². The number of benzene rings is 2. The third kappa shape index (κ3) is 7.19. The second-order valence-corrected chi connectivity index (χ2v) is 16.6. The number of halogens is 2. The lowest BCUT2D eigenvalue weighted by molar-refractivity contribution is 0.0527. The molecule has 2 N–H and O–H groups in total. The normalized spacial score (nSPS) is 13.3. The average Bonchev–Trinajstić information content (AvgIpc) is 3.56. The number of sulfone groups is 1. The lowest BCUT2D eigenvalue weighted by Gasteiger charge is -2.20. The van der Waals surface area contributed by atoms with Crippen molar-refractivity contribution in [2.45, 2.75) is 77.4 Å². The van der Waals surface area contributed by atoms with E-state index in [1.807, 2.05) is 0 Å². The SMILES string of the molecule is CC(C)(C)OC(=O)NCCc1cc(S(C)(=O)=O)nc2c(Cl)c(-c3ccc(F)c4sc(NC(=O)OC(C)(C)C)c(C#N)c34)c3c(c12)COC3. The number of rotatable bonds is 6. The molecule has 3 heterocycles. The lowest BCUT2D eigenvalue weighted by Crippen LogP contribution is -2.33. The Bertz CT molecular complexity index is 2150. The first kappa shape index (κ1) is 35.3. The molecule has 48 heavy (non-hydrogen) atoms. The Balaban J connectivity index is 1.72. The Labute approximate surface area is 286 Å². The Kier molecular flexibility index (Phi) is 9.39. The predicted molar refractivity (Wildman–Crippen MR) is 182 cm³/mol. The summed E-state index contributed by atoms with van der Waals surface area (Å²) in [5.74, 6) is -0.616. The second-order valence-electron chi connectivity index (χ2n) is 13.3. The van der Waals surface area contributed by atoms with E-state index in [1.54, 1.807) is 41.5 Å². The molecule has 0 bridgehead atoms. The molecular weight excluding hydrogens is 683 g/mol. The van der Waals surface area contributed by atoms with Crippen LogP contribution in [0.3, 0.4) is 0 Å². The number of nitrogens with zero attached hydrogens (tertiary/aromatic N) is 2. The molecule has 1 aliphatic heterocycles. The van der Waals surface area contributed by atoms with E-state index in [9.17, 15) is 23.3 Å². The standard InChI is InChI=1S/C33H34ClFN4O7S2/c1-32(2,3)45-30(40)37-11-10-16-12-22(48(7,42)43)38-27-23(16)19-14-44-15-20(19)24(26(27)34)17-8-9-21(35)28-25(17)18(13-36)29(47-28)39-31(41)46-33(4,5)6/h8-9,12H,10-11,14-15H2,1-7H3,(H,37,40)(H,39,41). The molecule has 2 amide bonds. The molecule has 0 fully saturated rings. The van der Waals surface area contributed by atoms with E-state index >= 15 is 4.39 Å². The topological polar surface area (TPSA) is 157 Å². The highest BCUT2D eigenvalue weighted by molar-refractivity contribution is 7.90. The minimum absolute atomic E-state index is 0.00550. The Hall–Kier alpha value is -4.03. The molecule has 1 aliphatic rings. The summed E-state index contributed by atoms with van der Waals surface area (Å²) in [4.78, 5) is 29.4. The van der Waals surface area contributed by atoms with Gasteiger partial charge in [0.2, 0.25) is 0 Å². The molecular formula is C33H34ClFN4O7S2. The van der Waals surface area contributed by atoms with Crippen molar-refractivity contribution >= 4 is 71.0 Å². The molecule has 15 heteroatoms. The number of anilines is 1. The van der Waals surface area contributed by atoms with Gasteiger partial charge in [0.05, 0.1) is 34.0 Å². The van der Waals surface area contributed by atoms with Crippen molar-refractivity contribution in [2.75, 3.05) is 18.1 Å². The third-order valence-corrected chi connectivity index (χ3v) is 9.65. The van der Waals surface area contributed by atoms with Gasteiger partial charge in [-0.25, -0.2) is 27.4 Å². The molecule has 5 rings (SSSR count). The molecule has 0 radical (unpaired) electrons. The highest BCUT2D eigenvalue weighted by Crippen LogP contribution is 2.49. The van der Waals surface area contributed by atoms with Crippen LogP contribution in [0.15, 0.2) is 23.2 Å². The van der Waals surface area contributed by atoms with Crippen LogP contribution in [0.4, 0.5) is 19.0 Å². The van der Waals surface area contributed by atoms with Gasteiger partial charge in [-0.05, 0) is 82.3 Å². The number of carbonyl (C=O) groups excluding carboxylic acids is 2. The molecule has 4 aromatic rings. The van der Waals surface area contributed by atoms with Gasteiger partial charge in [0.1, 0.15) is 28.1 Å². The van der Waals surface area contributed by atoms with E-state index < -0.39 is 39.0 Å². The molecule has 0 aliphatic carbocycles. The number of nitrogens with one attached hydrogen (secondary N) is 2. The fraction of sp³-hybridized carbons (Fsp3) is 0.394. The van der Waals surface area contributed by atoms with Gasteiger partial charge in [0.15, 0.2) is 14.9 Å². The number of amides is 2. The molecule has 0 atom stereocenters. The summed E-state index contributed by atoms with van der Waals surface area (Å²) in [7, 11) is -3.82. The molecule has 2 aromatic heterocycles. The van der Waals surface area contributed by atoms with Gasteiger partial charge in [0, 0.05) is 29.1 Å². The number of hydrogen-bond donors (Lipinski definition) is 2. The average molecular weight is 717 g/mol. The predicted octanol–water partition coefficient (Wildman–Crippen LogP) is 7.63. The van der Waals surface area contributed by atoms with Gasteiger partial charge < -0.3 is 19.5 Å². The van der Waals surface area contributed by atoms with Crippen LogP contribution >= 0.6 is 22.9 Å². The van der Waals surface area contributed by atoms with Crippen LogP contribution in [0, 0.1) is 17.1 Å². The van der Waals surface area contributed by atoms with Crippen LogP contribution in [-0.4, -0.2) is 49.6 Å².